The van der Waals surface area contributed by atoms with Gasteiger partial charge in [-0.2, -0.15) is 5.10 Å². The minimum Gasteiger partial charge on any atom is -0.323 e. The maximum Gasteiger partial charge on any atom is 0.321 e. The number of carbonyl (C=O) groups is 1. The average molecular weight is 383 g/mol. The van der Waals surface area contributed by atoms with E-state index in [4.69, 9.17) is 11.6 Å². The van der Waals surface area contributed by atoms with Crippen molar-refractivity contribution >= 4 is 23.3 Å². The molecular formula is C21H23ClN4O. The number of nitrogens with one attached hydrogen (secondary N) is 1. The van der Waals surface area contributed by atoms with Gasteiger partial charge >= 0.3 is 6.03 Å². The Hall–Kier alpha value is -2.79. The van der Waals surface area contributed by atoms with E-state index in [1.807, 2.05) is 67.9 Å². The predicted molar refractivity (Wildman–Crippen MR) is 110 cm³/mol. The lowest BCUT2D eigenvalue weighted by Crippen LogP contribution is -2.31. The molecule has 2 amide bonds. The molecule has 0 saturated heterocycles. The molecule has 1 aromatic heterocycles. The number of nitrogens with zero attached hydrogens (tertiary/aromatic N) is 3. The van der Waals surface area contributed by atoms with Gasteiger partial charge in [0.2, 0.25) is 0 Å². The summed E-state index contributed by atoms with van der Waals surface area (Å²) in [5, 5.41) is 8.15. The summed E-state index contributed by atoms with van der Waals surface area (Å²) in [6, 6.07) is 15.3. The molecule has 0 aliphatic heterocycles. The first-order valence-electron chi connectivity index (χ1n) is 8.75. The fourth-order valence-corrected chi connectivity index (χ4v) is 3.10. The molecule has 6 heteroatoms. The van der Waals surface area contributed by atoms with Crippen LogP contribution in [0.25, 0.3) is 5.69 Å². The van der Waals surface area contributed by atoms with Crippen LogP contribution in [0.1, 0.15) is 22.5 Å². The lowest BCUT2D eigenvalue weighted by molar-refractivity contribution is 0.220. The van der Waals surface area contributed by atoms with Gasteiger partial charge in [-0.15, -0.1) is 0 Å². The van der Waals surface area contributed by atoms with Crippen LogP contribution in [-0.2, 0) is 6.54 Å². The zero-order valence-electron chi connectivity index (χ0n) is 16.0. The Balaban J connectivity index is 1.75. The van der Waals surface area contributed by atoms with E-state index >= 15 is 0 Å². The summed E-state index contributed by atoms with van der Waals surface area (Å²) < 4.78 is 1.91. The van der Waals surface area contributed by atoms with Crippen LogP contribution >= 0.6 is 11.6 Å². The van der Waals surface area contributed by atoms with Gasteiger partial charge in [0.05, 0.1) is 17.9 Å². The van der Waals surface area contributed by atoms with Crippen LogP contribution in [0.2, 0.25) is 5.02 Å². The van der Waals surface area contributed by atoms with Gasteiger partial charge in [0, 0.05) is 29.0 Å². The zero-order chi connectivity index (χ0) is 19.6. The molecule has 0 atom stereocenters. The summed E-state index contributed by atoms with van der Waals surface area (Å²) in [7, 11) is 1.77. The molecule has 0 aliphatic rings. The molecule has 0 fully saturated rings. The van der Waals surface area contributed by atoms with Gasteiger partial charge < -0.3 is 10.2 Å². The van der Waals surface area contributed by atoms with Crippen molar-refractivity contribution in [2.24, 2.45) is 0 Å². The second-order valence-electron chi connectivity index (χ2n) is 6.65. The van der Waals surface area contributed by atoms with Crippen molar-refractivity contribution < 1.29 is 4.79 Å². The van der Waals surface area contributed by atoms with Gasteiger partial charge in [-0.1, -0.05) is 35.9 Å². The lowest BCUT2D eigenvalue weighted by atomic mass is 10.2. The SMILES string of the molecule is Cc1ccc(NC(=O)N(C)Cc2c(C)nn(-c3ccccc3)c2C)cc1Cl. The number of aryl methyl sites for hydroxylation is 2. The van der Waals surface area contributed by atoms with Crippen molar-refractivity contribution in [3.05, 3.63) is 76.1 Å². The highest BCUT2D eigenvalue weighted by molar-refractivity contribution is 6.31. The van der Waals surface area contributed by atoms with E-state index in [0.29, 0.717) is 17.3 Å². The Labute approximate surface area is 164 Å². The molecule has 0 unspecified atom stereocenters. The minimum absolute atomic E-state index is 0.193. The van der Waals surface area contributed by atoms with Crippen molar-refractivity contribution in [1.29, 1.82) is 0 Å². The van der Waals surface area contributed by atoms with Gasteiger partial charge in [0.15, 0.2) is 0 Å². The summed E-state index contributed by atoms with van der Waals surface area (Å²) in [5.41, 5.74) is 5.63. The molecule has 2 aromatic carbocycles. The summed E-state index contributed by atoms with van der Waals surface area (Å²) in [5.74, 6) is 0. The molecular weight excluding hydrogens is 360 g/mol. The van der Waals surface area contributed by atoms with Crippen molar-refractivity contribution in [2.45, 2.75) is 27.3 Å². The first-order chi connectivity index (χ1) is 12.9. The largest absolute Gasteiger partial charge is 0.323 e. The quantitative estimate of drug-likeness (QED) is 0.681. The number of para-hydroxylation sites is 1. The first-order valence-corrected chi connectivity index (χ1v) is 9.13. The number of amides is 2. The van der Waals surface area contributed by atoms with E-state index in [2.05, 4.69) is 10.4 Å². The monoisotopic (exact) mass is 382 g/mol. The van der Waals surface area contributed by atoms with Crippen LogP contribution < -0.4 is 5.32 Å². The van der Waals surface area contributed by atoms with Gasteiger partial charge in [0.1, 0.15) is 0 Å². The summed E-state index contributed by atoms with van der Waals surface area (Å²) in [6.07, 6.45) is 0. The highest BCUT2D eigenvalue weighted by atomic mass is 35.5. The number of carbonyl (C=O) groups excluding carboxylic acids is 1. The standard InChI is InChI=1S/C21H23ClN4O/c1-14-10-11-17(12-20(14)22)23-21(27)25(4)13-19-15(2)24-26(16(19)3)18-8-6-5-7-9-18/h5-12H,13H2,1-4H3,(H,23,27). The zero-order valence-corrected chi connectivity index (χ0v) is 16.7. The van der Waals surface area contributed by atoms with Crippen LogP contribution in [0.15, 0.2) is 48.5 Å². The highest BCUT2D eigenvalue weighted by Gasteiger charge is 2.17. The third-order valence-electron chi connectivity index (χ3n) is 4.61. The molecule has 0 aliphatic carbocycles. The second-order valence-corrected chi connectivity index (χ2v) is 7.05. The third kappa shape index (κ3) is 4.14. The number of urea groups is 1. The summed E-state index contributed by atoms with van der Waals surface area (Å²) in [4.78, 5) is 14.2. The molecule has 1 N–H and O–H groups in total. The highest BCUT2D eigenvalue weighted by Crippen LogP contribution is 2.22. The van der Waals surface area contributed by atoms with E-state index in [1.54, 1.807) is 18.0 Å². The predicted octanol–water partition coefficient (Wildman–Crippen LogP) is 5.11. The minimum atomic E-state index is -0.193. The van der Waals surface area contributed by atoms with E-state index in [0.717, 1.165) is 28.2 Å². The number of halogens is 1. The van der Waals surface area contributed by atoms with Gasteiger partial charge in [-0.25, -0.2) is 9.48 Å². The van der Waals surface area contributed by atoms with E-state index < -0.39 is 0 Å². The smallest absolute Gasteiger partial charge is 0.321 e. The van der Waals surface area contributed by atoms with E-state index in [-0.39, 0.29) is 6.03 Å². The molecule has 1 heterocycles. The lowest BCUT2D eigenvalue weighted by Gasteiger charge is -2.18. The van der Waals surface area contributed by atoms with Gasteiger partial charge in [-0.3, -0.25) is 0 Å². The molecule has 3 rings (SSSR count). The van der Waals surface area contributed by atoms with Crippen molar-refractivity contribution in [1.82, 2.24) is 14.7 Å². The Bertz CT molecular complexity index is 966. The Morgan fingerprint density at radius 2 is 1.85 bits per heavy atom. The molecule has 0 saturated carbocycles. The number of anilines is 1. The summed E-state index contributed by atoms with van der Waals surface area (Å²) in [6.45, 7) is 6.38. The van der Waals surface area contributed by atoms with E-state index in [9.17, 15) is 4.79 Å². The normalized spacial score (nSPS) is 10.7. The average Bonchev–Trinajstić information content (AvgIpc) is 2.93. The fourth-order valence-electron chi connectivity index (χ4n) is 2.92. The third-order valence-corrected chi connectivity index (χ3v) is 5.01. The Morgan fingerprint density at radius 1 is 1.15 bits per heavy atom. The Kier molecular flexibility index (Phi) is 5.51. The molecule has 0 radical (unpaired) electrons. The molecule has 0 spiro atoms. The van der Waals surface area contributed by atoms with Crippen LogP contribution in [0.3, 0.4) is 0 Å². The molecule has 3 aromatic rings. The van der Waals surface area contributed by atoms with Crippen LogP contribution in [-0.4, -0.2) is 27.8 Å². The maximum absolute atomic E-state index is 12.6. The molecule has 27 heavy (non-hydrogen) atoms. The van der Waals surface area contributed by atoms with Crippen LogP contribution in [0.4, 0.5) is 10.5 Å². The van der Waals surface area contributed by atoms with Crippen LogP contribution in [0.5, 0.6) is 0 Å². The van der Waals surface area contributed by atoms with Crippen molar-refractivity contribution in [3.8, 4) is 5.69 Å². The second kappa shape index (κ2) is 7.84. The first kappa shape index (κ1) is 19.0. The topological polar surface area (TPSA) is 50.2 Å². The number of hydrogen-bond donors (Lipinski definition) is 1. The van der Waals surface area contributed by atoms with Crippen LogP contribution in [0, 0.1) is 20.8 Å². The van der Waals surface area contributed by atoms with Crippen molar-refractivity contribution in [3.63, 3.8) is 0 Å². The van der Waals surface area contributed by atoms with E-state index in [1.165, 1.54) is 0 Å². The van der Waals surface area contributed by atoms with Gasteiger partial charge in [-0.05, 0) is 50.6 Å². The number of benzene rings is 2. The van der Waals surface area contributed by atoms with Gasteiger partial charge in [0.25, 0.3) is 0 Å². The maximum atomic E-state index is 12.6. The number of aromatic nitrogens is 2. The number of rotatable bonds is 4. The number of hydrogen-bond acceptors (Lipinski definition) is 2. The molecule has 0 bridgehead atoms. The van der Waals surface area contributed by atoms with Crippen molar-refractivity contribution in [2.75, 3.05) is 12.4 Å². The molecule has 5 nitrogen and oxygen atoms in total. The Morgan fingerprint density at radius 3 is 2.52 bits per heavy atom. The summed E-state index contributed by atoms with van der Waals surface area (Å²) >= 11 is 6.13. The molecule has 140 valence electrons. The fraction of sp³-hybridized carbons (Fsp3) is 0.238.